The highest BCUT2D eigenvalue weighted by atomic mass is 32.2. The minimum atomic E-state index is -4.14. The van der Waals surface area contributed by atoms with Crippen molar-refractivity contribution in [3.63, 3.8) is 0 Å². The summed E-state index contributed by atoms with van der Waals surface area (Å²) in [4.78, 5) is 12.1. The maximum Gasteiger partial charge on any atom is 0.391 e. The van der Waals surface area contributed by atoms with Gasteiger partial charge in [0.15, 0.2) is 5.16 Å². The summed E-state index contributed by atoms with van der Waals surface area (Å²) < 4.78 is 38.3. The number of anilines is 1. The topological polar surface area (TPSA) is 64.7 Å². The first kappa shape index (κ1) is 14.4. The Labute approximate surface area is 113 Å². The van der Waals surface area contributed by atoms with Gasteiger partial charge in [-0.15, -0.1) is 0 Å². The van der Waals surface area contributed by atoms with Crippen molar-refractivity contribution in [1.29, 1.82) is 0 Å². The van der Waals surface area contributed by atoms with Crippen LogP contribution in [0.1, 0.15) is 37.4 Å². The van der Waals surface area contributed by atoms with Crippen LogP contribution in [0.5, 0.6) is 0 Å². The molecule has 0 amide bonds. The van der Waals surface area contributed by atoms with Gasteiger partial charge >= 0.3 is 6.18 Å². The van der Waals surface area contributed by atoms with Gasteiger partial charge < -0.3 is 5.73 Å². The lowest BCUT2D eigenvalue weighted by molar-refractivity contribution is -0.183. The van der Waals surface area contributed by atoms with Crippen LogP contribution in [0.15, 0.2) is 5.16 Å². The molecule has 0 saturated heterocycles. The van der Waals surface area contributed by atoms with Gasteiger partial charge in [-0.05, 0) is 25.5 Å². The van der Waals surface area contributed by atoms with Gasteiger partial charge in [0.2, 0.25) is 5.95 Å². The molecule has 0 aromatic carbocycles. The van der Waals surface area contributed by atoms with Crippen LogP contribution in [0.2, 0.25) is 0 Å². The van der Waals surface area contributed by atoms with Crippen molar-refractivity contribution in [1.82, 2.24) is 15.0 Å². The van der Waals surface area contributed by atoms with Gasteiger partial charge in [-0.1, -0.05) is 18.2 Å². The highest BCUT2D eigenvalue weighted by Crippen LogP contribution is 2.43. The molecule has 1 aromatic rings. The van der Waals surface area contributed by atoms with E-state index in [4.69, 9.17) is 5.73 Å². The molecule has 1 aliphatic carbocycles. The molecule has 0 aliphatic heterocycles. The van der Waals surface area contributed by atoms with Crippen LogP contribution in [0.3, 0.4) is 0 Å². The van der Waals surface area contributed by atoms with E-state index in [1.807, 2.05) is 0 Å². The van der Waals surface area contributed by atoms with E-state index >= 15 is 0 Å². The Morgan fingerprint density at radius 3 is 2.58 bits per heavy atom. The maximum absolute atomic E-state index is 12.8. The number of hydrogen-bond acceptors (Lipinski definition) is 5. The van der Waals surface area contributed by atoms with Crippen LogP contribution in [0.25, 0.3) is 0 Å². The predicted molar refractivity (Wildman–Crippen MR) is 66.8 cm³/mol. The van der Waals surface area contributed by atoms with Gasteiger partial charge in [0.05, 0.1) is 5.92 Å². The SMILES string of the molecule is CSc1nc(N)nc(C2CCCC(C(F)(F)F)C2)n1. The third kappa shape index (κ3) is 3.49. The van der Waals surface area contributed by atoms with E-state index in [0.717, 1.165) is 0 Å². The monoisotopic (exact) mass is 292 g/mol. The first-order valence-corrected chi connectivity index (χ1v) is 7.24. The number of alkyl halides is 3. The summed E-state index contributed by atoms with van der Waals surface area (Å²) in [6, 6.07) is 0. The van der Waals surface area contributed by atoms with Crippen LogP contribution in [-0.4, -0.2) is 27.4 Å². The maximum atomic E-state index is 12.8. The fraction of sp³-hybridized carbons (Fsp3) is 0.727. The molecule has 2 N–H and O–H groups in total. The second-order valence-electron chi connectivity index (χ2n) is 4.64. The van der Waals surface area contributed by atoms with Crippen molar-refractivity contribution in [2.75, 3.05) is 12.0 Å². The van der Waals surface area contributed by atoms with Crippen LogP contribution in [0, 0.1) is 5.92 Å². The van der Waals surface area contributed by atoms with E-state index in [1.54, 1.807) is 6.26 Å². The van der Waals surface area contributed by atoms with Gasteiger partial charge in [-0.25, -0.2) is 4.98 Å². The number of rotatable bonds is 2. The van der Waals surface area contributed by atoms with Crippen LogP contribution >= 0.6 is 11.8 Å². The molecule has 0 radical (unpaired) electrons. The number of nitrogens with two attached hydrogens (primary N) is 1. The van der Waals surface area contributed by atoms with E-state index in [0.29, 0.717) is 23.8 Å². The first-order valence-electron chi connectivity index (χ1n) is 6.02. The smallest absolute Gasteiger partial charge is 0.368 e. The number of aromatic nitrogens is 3. The minimum absolute atomic E-state index is 0.0424. The largest absolute Gasteiger partial charge is 0.391 e. The van der Waals surface area contributed by atoms with Crippen LogP contribution in [0.4, 0.5) is 19.1 Å². The molecular formula is C11H15F3N4S. The Hall–Kier alpha value is -1.05. The average molecular weight is 292 g/mol. The molecule has 19 heavy (non-hydrogen) atoms. The third-order valence-corrected chi connectivity index (χ3v) is 3.88. The lowest BCUT2D eigenvalue weighted by Gasteiger charge is -2.29. The normalized spacial score (nSPS) is 24.4. The predicted octanol–water partition coefficient (Wildman–Crippen LogP) is 3.01. The number of nitrogens with zero attached hydrogens (tertiary/aromatic N) is 3. The number of nitrogen functional groups attached to an aromatic ring is 1. The first-order chi connectivity index (χ1) is 8.90. The van der Waals surface area contributed by atoms with Crippen molar-refractivity contribution >= 4 is 17.7 Å². The van der Waals surface area contributed by atoms with Crippen molar-refractivity contribution in [2.24, 2.45) is 5.92 Å². The Morgan fingerprint density at radius 2 is 1.95 bits per heavy atom. The van der Waals surface area contributed by atoms with Gasteiger partial charge in [0.1, 0.15) is 5.82 Å². The Kier molecular flexibility index (Phi) is 4.17. The fourth-order valence-corrected chi connectivity index (χ4v) is 2.75. The number of thioether (sulfide) groups is 1. The lowest BCUT2D eigenvalue weighted by atomic mass is 9.80. The van der Waals surface area contributed by atoms with Gasteiger partial charge in [0, 0.05) is 5.92 Å². The van der Waals surface area contributed by atoms with E-state index in [2.05, 4.69) is 15.0 Å². The average Bonchev–Trinajstić information content (AvgIpc) is 2.37. The Bertz CT molecular complexity index is 452. The summed E-state index contributed by atoms with van der Waals surface area (Å²) in [6.07, 6.45) is -0.910. The van der Waals surface area contributed by atoms with Gasteiger partial charge in [-0.3, -0.25) is 0 Å². The second kappa shape index (κ2) is 5.52. The quantitative estimate of drug-likeness (QED) is 0.849. The molecule has 1 heterocycles. The zero-order valence-corrected chi connectivity index (χ0v) is 11.3. The second-order valence-corrected chi connectivity index (χ2v) is 5.41. The Balaban J connectivity index is 2.19. The Morgan fingerprint density at radius 1 is 1.21 bits per heavy atom. The van der Waals surface area contributed by atoms with E-state index in [1.165, 1.54) is 11.8 Å². The molecule has 1 saturated carbocycles. The zero-order valence-electron chi connectivity index (χ0n) is 10.4. The summed E-state index contributed by atoms with van der Waals surface area (Å²) >= 11 is 1.30. The highest BCUT2D eigenvalue weighted by Gasteiger charge is 2.43. The summed E-state index contributed by atoms with van der Waals surface area (Å²) in [7, 11) is 0. The van der Waals surface area contributed by atoms with E-state index in [-0.39, 0.29) is 24.7 Å². The summed E-state index contributed by atoms with van der Waals surface area (Å²) in [6.45, 7) is 0. The molecule has 2 unspecified atom stereocenters. The molecule has 4 nitrogen and oxygen atoms in total. The van der Waals surface area contributed by atoms with Crippen molar-refractivity contribution < 1.29 is 13.2 Å². The van der Waals surface area contributed by atoms with E-state index in [9.17, 15) is 13.2 Å². The number of halogens is 3. The molecule has 1 aromatic heterocycles. The molecule has 2 rings (SSSR count). The van der Waals surface area contributed by atoms with Crippen molar-refractivity contribution in [3.05, 3.63) is 5.82 Å². The fourth-order valence-electron chi connectivity index (χ4n) is 2.38. The molecular weight excluding hydrogens is 277 g/mol. The lowest BCUT2D eigenvalue weighted by Crippen LogP contribution is -2.28. The molecule has 106 valence electrons. The van der Waals surface area contributed by atoms with Crippen molar-refractivity contribution in [2.45, 2.75) is 42.9 Å². The molecule has 8 heteroatoms. The molecule has 1 aliphatic rings. The minimum Gasteiger partial charge on any atom is -0.368 e. The number of hydrogen-bond donors (Lipinski definition) is 1. The molecule has 1 fully saturated rings. The zero-order chi connectivity index (χ0) is 14.0. The molecule has 0 spiro atoms. The summed E-state index contributed by atoms with van der Waals surface area (Å²) in [5.41, 5.74) is 5.56. The van der Waals surface area contributed by atoms with Crippen LogP contribution < -0.4 is 5.73 Å². The van der Waals surface area contributed by atoms with E-state index < -0.39 is 12.1 Å². The summed E-state index contributed by atoms with van der Waals surface area (Å²) in [5.74, 6) is -1.08. The van der Waals surface area contributed by atoms with Gasteiger partial charge in [0.25, 0.3) is 0 Å². The molecule has 0 bridgehead atoms. The van der Waals surface area contributed by atoms with Gasteiger partial charge in [-0.2, -0.15) is 23.1 Å². The molecule has 2 atom stereocenters. The third-order valence-electron chi connectivity index (χ3n) is 3.33. The summed E-state index contributed by atoms with van der Waals surface area (Å²) in [5, 5.41) is 0.455. The standard InChI is InChI=1S/C11H15F3N4S/c1-19-10-17-8(16-9(15)18-10)6-3-2-4-7(5-6)11(12,13)14/h6-7H,2-5H2,1H3,(H2,15,16,17,18). The van der Waals surface area contributed by atoms with Crippen LogP contribution in [-0.2, 0) is 0 Å². The van der Waals surface area contributed by atoms with Crippen molar-refractivity contribution in [3.8, 4) is 0 Å². The highest BCUT2D eigenvalue weighted by molar-refractivity contribution is 7.98.